The summed E-state index contributed by atoms with van der Waals surface area (Å²) in [5.41, 5.74) is 0. The van der Waals surface area contributed by atoms with E-state index in [2.05, 4.69) is 13.8 Å². The minimum atomic E-state index is -4.78. The molecule has 0 fully saturated rings. The first-order valence-corrected chi connectivity index (χ1v) is 6.50. The zero-order valence-corrected chi connectivity index (χ0v) is 10.3. The van der Waals surface area contributed by atoms with E-state index in [1.807, 2.05) is 0 Å². The summed E-state index contributed by atoms with van der Waals surface area (Å²) in [4.78, 5) is 0. The molecule has 0 N–H and O–H groups in total. The van der Waals surface area contributed by atoms with Crippen LogP contribution in [0.5, 0.6) is 0 Å². The molecule has 0 aromatic heterocycles. The lowest BCUT2D eigenvalue weighted by molar-refractivity contribution is -0.197. The zero-order chi connectivity index (χ0) is 12.8. The van der Waals surface area contributed by atoms with Crippen LogP contribution in [0.4, 0.5) is 13.2 Å². The monoisotopic (exact) mass is 264 g/mol. The first kappa shape index (κ1) is 15.9. The maximum Gasteiger partial charge on any atom is 0.426 e. The highest BCUT2D eigenvalue weighted by Crippen LogP contribution is 2.58. The normalized spacial score (nSPS) is 15.1. The molecule has 4 nitrogen and oxygen atoms in total. The van der Waals surface area contributed by atoms with Gasteiger partial charge in [0.1, 0.15) is 0 Å². The van der Waals surface area contributed by atoms with Crippen LogP contribution in [0.25, 0.3) is 0 Å². The van der Waals surface area contributed by atoms with Gasteiger partial charge >= 0.3 is 13.8 Å². The molecule has 0 radical (unpaired) electrons. The molecule has 8 heteroatoms. The highest BCUT2D eigenvalue weighted by molar-refractivity contribution is 7.54. The molecule has 0 aliphatic heterocycles. The van der Waals surface area contributed by atoms with E-state index < -0.39 is 19.6 Å². The van der Waals surface area contributed by atoms with Crippen molar-refractivity contribution in [2.45, 2.75) is 32.8 Å². The molecule has 0 saturated heterocycles. The minimum Gasteiger partial charge on any atom is -0.358 e. The van der Waals surface area contributed by atoms with E-state index in [-0.39, 0.29) is 19.8 Å². The van der Waals surface area contributed by atoms with Crippen LogP contribution in [0.15, 0.2) is 0 Å². The number of hydrogen-bond acceptors (Lipinski definition) is 4. The Hall–Kier alpha value is -0.100. The highest BCUT2D eigenvalue weighted by Gasteiger charge is 2.54. The standard InChI is InChI=1S/C8H16F3O4P/c1-4-13-7(8(9,10)11)16(12,14-5-2)15-6-3/h7H,4-6H2,1-3H3. The Morgan fingerprint density at radius 2 is 1.50 bits per heavy atom. The molecule has 98 valence electrons. The fourth-order valence-electron chi connectivity index (χ4n) is 1.06. The third kappa shape index (κ3) is 4.41. The molecule has 0 rings (SSSR count). The first-order chi connectivity index (χ1) is 7.31. The van der Waals surface area contributed by atoms with Gasteiger partial charge in [-0.3, -0.25) is 4.57 Å². The van der Waals surface area contributed by atoms with Gasteiger partial charge in [0.2, 0.25) is 0 Å². The summed E-state index contributed by atoms with van der Waals surface area (Å²) >= 11 is 0. The van der Waals surface area contributed by atoms with Gasteiger partial charge < -0.3 is 13.8 Å². The minimum absolute atomic E-state index is 0.142. The van der Waals surface area contributed by atoms with Crippen molar-refractivity contribution < 1.29 is 31.5 Å². The fourth-order valence-corrected chi connectivity index (χ4v) is 2.81. The first-order valence-electron chi connectivity index (χ1n) is 4.88. The molecule has 16 heavy (non-hydrogen) atoms. The average molecular weight is 264 g/mol. The molecule has 0 spiro atoms. The molecule has 0 bridgehead atoms. The molecular weight excluding hydrogens is 248 g/mol. The summed E-state index contributed by atoms with van der Waals surface area (Å²) in [6.45, 7) is 3.74. The molecular formula is C8H16F3O4P. The summed E-state index contributed by atoms with van der Waals surface area (Å²) in [5.74, 6) is -2.52. The Kier molecular flexibility index (Phi) is 6.55. The lowest BCUT2D eigenvalue weighted by atomic mass is 10.7. The van der Waals surface area contributed by atoms with Crippen molar-refractivity contribution >= 4 is 7.60 Å². The van der Waals surface area contributed by atoms with E-state index in [0.717, 1.165) is 0 Å². The second-order valence-corrected chi connectivity index (χ2v) is 4.79. The summed E-state index contributed by atoms with van der Waals surface area (Å²) in [6, 6.07) is 0. The Morgan fingerprint density at radius 3 is 1.75 bits per heavy atom. The molecule has 1 unspecified atom stereocenters. The third-order valence-corrected chi connectivity index (χ3v) is 3.76. The maximum absolute atomic E-state index is 12.6. The molecule has 0 aromatic rings. The van der Waals surface area contributed by atoms with Gasteiger partial charge in [-0.2, -0.15) is 13.2 Å². The number of rotatable bonds is 7. The van der Waals surface area contributed by atoms with Gasteiger partial charge in [0, 0.05) is 6.61 Å². The predicted octanol–water partition coefficient (Wildman–Crippen LogP) is 3.18. The van der Waals surface area contributed by atoms with Crippen LogP contribution in [0.3, 0.4) is 0 Å². The van der Waals surface area contributed by atoms with E-state index >= 15 is 0 Å². The summed E-state index contributed by atoms with van der Waals surface area (Å²) in [5, 5.41) is 0. The van der Waals surface area contributed by atoms with Crippen LogP contribution in [-0.4, -0.2) is 31.8 Å². The average Bonchev–Trinajstić information content (AvgIpc) is 2.13. The SMILES string of the molecule is CCOC(C(F)(F)F)P(=O)(OCC)OCC. The highest BCUT2D eigenvalue weighted by atomic mass is 31.2. The van der Waals surface area contributed by atoms with Crippen molar-refractivity contribution in [3.05, 3.63) is 0 Å². The predicted molar refractivity (Wildman–Crippen MR) is 52.3 cm³/mol. The number of ether oxygens (including phenoxy) is 1. The van der Waals surface area contributed by atoms with Gasteiger partial charge in [-0.1, -0.05) is 0 Å². The van der Waals surface area contributed by atoms with E-state index in [0.29, 0.717) is 0 Å². The van der Waals surface area contributed by atoms with E-state index in [9.17, 15) is 17.7 Å². The van der Waals surface area contributed by atoms with Crippen molar-refractivity contribution in [2.75, 3.05) is 19.8 Å². The molecule has 0 heterocycles. The Balaban J connectivity index is 5.01. The van der Waals surface area contributed by atoms with E-state index in [4.69, 9.17) is 0 Å². The van der Waals surface area contributed by atoms with Crippen LogP contribution in [-0.2, 0) is 18.3 Å². The molecule has 0 aliphatic carbocycles. The third-order valence-electron chi connectivity index (χ3n) is 1.51. The van der Waals surface area contributed by atoms with Gasteiger partial charge in [-0.25, -0.2) is 0 Å². The van der Waals surface area contributed by atoms with Gasteiger partial charge in [-0.05, 0) is 20.8 Å². The number of alkyl halides is 3. The van der Waals surface area contributed by atoms with E-state index in [1.165, 1.54) is 20.8 Å². The number of halogens is 3. The van der Waals surface area contributed by atoms with Crippen molar-refractivity contribution in [3.63, 3.8) is 0 Å². The smallest absolute Gasteiger partial charge is 0.358 e. The van der Waals surface area contributed by atoms with Crippen molar-refractivity contribution in [3.8, 4) is 0 Å². The Bertz CT molecular complexity index is 234. The molecule has 0 aliphatic rings. The maximum atomic E-state index is 12.6. The fraction of sp³-hybridized carbons (Fsp3) is 1.00. The van der Waals surface area contributed by atoms with Gasteiger partial charge in [0.25, 0.3) is 5.85 Å². The van der Waals surface area contributed by atoms with Gasteiger partial charge in [0.05, 0.1) is 13.2 Å². The zero-order valence-electron chi connectivity index (χ0n) is 9.41. The Labute approximate surface area is 92.6 Å². The van der Waals surface area contributed by atoms with Crippen LogP contribution >= 0.6 is 7.60 Å². The van der Waals surface area contributed by atoms with Crippen LogP contribution in [0.1, 0.15) is 20.8 Å². The summed E-state index contributed by atoms with van der Waals surface area (Å²) in [7, 11) is -4.31. The largest absolute Gasteiger partial charge is 0.426 e. The number of hydrogen-bond donors (Lipinski definition) is 0. The van der Waals surface area contributed by atoms with Gasteiger partial charge in [0.15, 0.2) is 0 Å². The lowest BCUT2D eigenvalue weighted by Gasteiger charge is -2.27. The topological polar surface area (TPSA) is 44.8 Å². The van der Waals surface area contributed by atoms with Crippen molar-refractivity contribution in [2.24, 2.45) is 0 Å². The second-order valence-electron chi connectivity index (χ2n) is 2.72. The molecule has 0 saturated carbocycles. The van der Waals surface area contributed by atoms with Crippen LogP contribution in [0.2, 0.25) is 0 Å². The molecule has 1 atom stereocenters. The van der Waals surface area contributed by atoms with Crippen molar-refractivity contribution in [1.82, 2.24) is 0 Å². The van der Waals surface area contributed by atoms with Crippen LogP contribution < -0.4 is 0 Å². The van der Waals surface area contributed by atoms with E-state index in [1.54, 1.807) is 0 Å². The Morgan fingerprint density at radius 1 is 1.06 bits per heavy atom. The molecule has 0 aromatic carbocycles. The lowest BCUT2D eigenvalue weighted by Crippen LogP contribution is -2.33. The van der Waals surface area contributed by atoms with Gasteiger partial charge in [-0.15, -0.1) is 0 Å². The molecule has 0 amide bonds. The quantitative estimate of drug-likeness (QED) is 0.662. The second kappa shape index (κ2) is 6.59. The van der Waals surface area contributed by atoms with Crippen LogP contribution in [0, 0.1) is 0 Å². The van der Waals surface area contributed by atoms with Crippen molar-refractivity contribution in [1.29, 1.82) is 0 Å². The summed E-state index contributed by atoms with van der Waals surface area (Å²) < 4.78 is 63.3. The summed E-state index contributed by atoms with van der Waals surface area (Å²) in [6.07, 6.45) is -4.78.